The smallest absolute Gasteiger partial charge is 0.247 e. The molecule has 2 aromatic carbocycles. The fourth-order valence-corrected chi connectivity index (χ4v) is 3.91. The zero-order chi connectivity index (χ0) is 17.3. The number of hydrogen-bond acceptors (Lipinski definition) is 4. The van der Waals surface area contributed by atoms with E-state index in [1.807, 2.05) is 30.3 Å². The maximum atomic E-state index is 5.90. The van der Waals surface area contributed by atoms with Gasteiger partial charge in [0.25, 0.3) is 0 Å². The molecule has 0 amide bonds. The second-order valence-corrected chi connectivity index (χ2v) is 7.51. The SMILES string of the molecule is Cc1cc(C)c(C)c(SC(C)c2nnc(-c3ccccc3)o2)c1C. The molecule has 24 heavy (non-hydrogen) atoms. The lowest BCUT2D eigenvalue weighted by Gasteiger charge is -2.16. The van der Waals surface area contributed by atoms with Gasteiger partial charge in [0, 0.05) is 10.5 Å². The molecule has 0 saturated heterocycles. The second kappa shape index (κ2) is 6.81. The van der Waals surface area contributed by atoms with Crippen LogP contribution < -0.4 is 0 Å². The molecule has 0 aliphatic rings. The third-order valence-corrected chi connectivity index (χ3v) is 5.80. The minimum Gasteiger partial charge on any atom is -0.419 e. The Kier molecular flexibility index (Phi) is 4.76. The number of nitrogens with zero attached hydrogens (tertiary/aromatic N) is 2. The van der Waals surface area contributed by atoms with E-state index in [-0.39, 0.29) is 5.25 Å². The Hall–Kier alpha value is -2.07. The quantitative estimate of drug-likeness (QED) is 0.562. The van der Waals surface area contributed by atoms with Gasteiger partial charge in [0.15, 0.2) is 0 Å². The van der Waals surface area contributed by atoms with E-state index < -0.39 is 0 Å². The van der Waals surface area contributed by atoms with E-state index >= 15 is 0 Å². The molecule has 1 aromatic heterocycles. The van der Waals surface area contributed by atoms with Crippen LogP contribution in [-0.4, -0.2) is 10.2 Å². The number of rotatable bonds is 4. The van der Waals surface area contributed by atoms with Crippen LogP contribution in [0, 0.1) is 27.7 Å². The Morgan fingerprint density at radius 2 is 1.54 bits per heavy atom. The zero-order valence-electron chi connectivity index (χ0n) is 14.8. The third kappa shape index (κ3) is 3.24. The largest absolute Gasteiger partial charge is 0.419 e. The van der Waals surface area contributed by atoms with Crippen molar-refractivity contribution in [3.63, 3.8) is 0 Å². The summed E-state index contributed by atoms with van der Waals surface area (Å²) in [6.07, 6.45) is 0. The van der Waals surface area contributed by atoms with Crippen molar-refractivity contribution in [2.75, 3.05) is 0 Å². The number of benzene rings is 2. The number of aryl methyl sites for hydroxylation is 2. The van der Waals surface area contributed by atoms with Crippen molar-refractivity contribution in [1.29, 1.82) is 0 Å². The Balaban J connectivity index is 1.87. The topological polar surface area (TPSA) is 38.9 Å². The highest BCUT2D eigenvalue weighted by molar-refractivity contribution is 7.99. The molecule has 3 rings (SSSR count). The fraction of sp³-hybridized carbons (Fsp3) is 0.300. The summed E-state index contributed by atoms with van der Waals surface area (Å²) >= 11 is 1.79. The number of hydrogen-bond donors (Lipinski definition) is 0. The summed E-state index contributed by atoms with van der Waals surface area (Å²) in [7, 11) is 0. The molecule has 3 aromatic rings. The van der Waals surface area contributed by atoms with Gasteiger partial charge in [-0.1, -0.05) is 24.3 Å². The van der Waals surface area contributed by atoms with Crippen LogP contribution in [0.1, 0.15) is 40.3 Å². The van der Waals surface area contributed by atoms with Crippen LogP contribution in [0.3, 0.4) is 0 Å². The summed E-state index contributed by atoms with van der Waals surface area (Å²) < 4.78 is 5.90. The van der Waals surface area contributed by atoms with Crippen molar-refractivity contribution in [2.45, 2.75) is 44.8 Å². The molecule has 124 valence electrons. The molecule has 0 radical (unpaired) electrons. The van der Waals surface area contributed by atoms with Gasteiger partial charge < -0.3 is 4.42 Å². The minimum atomic E-state index is 0.105. The van der Waals surface area contributed by atoms with Crippen molar-refractivity contribution in [2.24, 2.45) is 0 Å². The molecule has 1 atom stereocenters. The molecule has 0 saturated carbocycles. The van der Waals surface area contributed by atoms with Crippen LogP contribution in [-0.2, 0) is 0 Å². The zero-order valence-corrected chi connectivity index (χ0v) is 15.6. The van der Waals surface area contributed by atoms with Crippen LogP contribution >= 0.6 is 11.8 Å². The molecule has 0 bridgehead atoms. The standard InChI is InChI=1S/C20H22N2OS/c1-12-11-13(2)15(4)18(14(12)3)24-16(5)19-21-22-20(23-19)17-9-7-6-8-10-17/h6-11,16H,1-5H3. The molecular weight excluding hydrogens is 316 g/mol. The maximum Gasteiger partial charge on any atom is 0.247 e. The first-order valence-electron chi connectivity index (χ1n) is 8.10. The van der Waals surface area contributed by atoms with Crippen molar-refractivity contribution in [3.05, 3.63) is 64.5 Å². The highest BCUT2D eigenvalue weighted by atomic mass is 32.2. The number of aromatic nitrogens is 2. The monoisotopic (exact) mass is 338 g/mol. The van der Waals surface area contributed by atoms with Gasteiger partial charge in [0.2, 0.25) is 11.8 Å². The summed E-state index contributed by atoms with van der Waals surface area (Å²) in [6, 6.07) is 12.1. The maximum absolute atomic E-state index is 5.90. The van der Waals surface area contributed by atoms with Crippen LogP contribution in [0.25, 0.3) is 11.5 Å². The molecule has 0 fully saturated rings. The van der Waals surface area contributed by atoms with E-state index in [4.69, 9.17) is 4.42 Å². The minimum absolute atomic E-state index is 0.105. The van der Waals surface area contributed by atoms with Gasteiger partial charge in [-0.2, -0.15) is 0 Å². The molecule has 0 aliphatic heterocycles. The van der Waals surface area contributed by atoms with Gasteiger partial charge in [-0.3, -0.25) is 0 Å². The van der Waals surface area contributed by atoms with Gasteiger partial charge in [0.05, 0.1) is 5.25 Å². The first kappa shape index (κ1) is 16.8. The second-order valence-electron chi connectivity index (χ2n) is 6.16. The van der Waals surface area contributed by atoms with E-state index in [1.165, 1.54) is 27.1 Å². The van der Waals surface area contributed by atoms with Crippen molar-refractivity contribution in [3.8, 4) is 11.5 Å². The van der Waals surface area contributed by atoms with Crippen molar-refractivity contribution in [1.82, 2.24) is 10.2 Å². The van der Waals surface area contributed by atoms with Crippen LogP contribution in [0.15, 0.2) is 45.7 Å². The normalized spacial score (nSPS) is 12.4. The lowest BCUT2D eigenvalue weighted by Crippen LogP contribution is -1.96. The Bertz CT molecular complexity index is 829. The molecule has 4 heteroatoms. The molecule has 3 nitrogen and oxygen atoms in total. The average molecular weight is 338 g/mol. The van der Waals surface area contributed by atoms with E-state index in [1.54, 1.807) is 11.8 Å². The first-order valence-corrected chi connectivity index (χ1v) is 8.98. The fourth-order valence-electron chi connectivity index (χ4n) is 2.68. The van der Waals surface area contributed by atoms with Crippen LogP contribution in [0.5, 0.6) is 0 Å². The molecular formula is C20H22N2OS. The molecule has 0 spiro atoms. The molecule has 0 aliphatic carbocycles. The van der Waals surface area contributed by atoms with E-state index in [0.717, 1.165) is 5.56 Å². The highest BCUT2D eigenvalue weighted by Gasteiger charge is 2.19. The summed E-state index contributed by atoms with van der Waals surface area (Å²) in [5.41, 5.74) is 6.26. The third-order valence-electron chi connectivity index (χ3n) is 4.40. The van der Waals surface area contributed by atoms with Crippen molar-refractivity contribution >= 4 is 11.8 Å². The van der Waals surface area contributed by atoms with Gasteiger partial charge in [-0.25, -0.2) is 0 Å². The van der Waals surface area contributed by atoms with Crippen LogP contribution in [0.2, 0.25) is 0 Å². The Morgan fingerprint density at radius 1 is 0.917 bits per heavy atom. The average Bonchev–Trinajstić information content (AvgIpc) is 3.08. The Labute approximate surface area is 147 Å². The van der Waals surface area contributed by atoms with Gasteiger partial charge in [-0.05, 0) is 69.0 Å². The highest BCUT2D eigenvalue weighted by Crippen LogP contribution is 2.40. The number of thioether (sulfide) groups is 1. The summed E-state index contributed by atoms with van der Waals surface area (Å²) in [4.78, 5) is 1.32. The Morgan fingerprint density at radius 3 is 2.17 bits per heavy atom. The molecule has 1 unspecified atom stereocenters. The van der Waals surface area contributed by atoms with Crippen molar-refractivity contribution < 1.29 is 4.42 Å². The predicted molar refractivity (Wildman–Crippen MR) is 99.4 cm³/mol. The predicted octanol–water partition coefficient (Wildman–Crippen LogP) is 5.82. The summed E-state index contributed by atoms with van der Waals surface area (Å²) in [5, 5.41) is 8.56. The summed E-state index contributed by atoms with van der Waals surface area (Å²) in [6.45, 7) is 10.8. The first-order chi connectivity index (χ1) is 11.5. The van der Waals surface area contributed by atoms with Gasteiger partial charge in [0.1, 0.15) is 0 Å². The van der Waals surface area contributed by atoms with Crippen LogP contribution in [0.4, 0.5) is 0 Å². The molecule has 1 heterocycles. The van der Waals surface area contributed by atoms with E-state index in [0.29, 0.717) is 11.8 Å². The lowest BCUT2D eigenvalue weighted by atomic mass is 10.0. The lowest BCUT2D eigenvalue weighted by molar-refractivity contribution is 0.509. The van der Waals surface area contributed by atoms with E-state index in [9.17, 15) is 0 Å². The summed E-state index contributed by atoms with van der Waals surface area (Å²) in [5.74, 6) is 1.24. The van der Waals surface area contributed by atoms with Gasteiger partial charge >= 0.3 is 0 Å². The molecule has 0 N–H and O–H groups in total. The van der Waals surface area contributed by atoms with E-state index in [2.05, 4.69) is 50.9 Å². The van der Waals surface area contributed by atoms with Gasteiger partial charge in [-0.15, -0.1) is 22.0 Å².